The molecule has 1 aromatic heterocycles. The molecule has 1 saturated carbocycles. The minimum Gasteiger partial charge on any atom is -0.383 e. The van der Waals surface area contributed by atoms with Gasteiger partial charge in [-0.2, -0.15) is 0 Å². The predicted molar refractivity (Wildman–Crippen MR) is 76.6 cm³/mol. The molecule has 3 heteroatoms. The first-order valence-corrected chi connectivity index (χ1v) is 7.09. The van der Waals surface area contributed by atoms with Gasteiger partial charge in [-0.25, -0.2) is 4.98 Å². The fraction of sp³-hybridized carbons (Fsp3) is 0.667. The Morgan fingerprint density at radius 2 is 2.22 bits per heavy atom. The molecule has 0 saturated heterocycles. The highest BCUT2D eigenvalue weighted by Crippen LogP contribution is 2.42. The Hall–Kier alpha value is -1.09. The van der Waals surface area contributed by atoms with E-state index in [1.165, 1.54) is 30.4 Å². The van der Waals surface area contributed by atoms with Crippen LogP contribution >= 0.6 is 0 Å². The number of aromatic nitrogens is 1. The second-order valence-electron chi connectivity index (χ2n) is 5.53. The van der Waals surface area contributed by atoms with Crippen molar-refractivity contribution in [3.05, 3.63) is 23.4 Å². The molecule has 0 aliphatic heterocycles. The molecule has 3 N–H and O–H groups in total. The van der Waals surface area contributed by atoms with Crippen molar-refractivity contribution in [2.75, 3.05) is 12.3 Å². The zero-order valence-corrected chi connectivity index (χ0v) is 11.7. The molecule has 1 aliphatic carbocycles. The first-order chi connectivity index (χ1) is 8.65. The molecule has 1 heterocycles. The van der Waals surface area contributed by atoms with Crippen molar-refractivity contribution in [1.29, 1.82) is 0 Å². The maximum absolute atomic E-state index is 6.08. The topological polar surface area (TPSA) is 50.9 Å². The van der Waals surface area contributed by atoms with Crippen LogP contribution in [0.3, 0.4) is 0 Å². The normalized spacial score (nSPS) is 27.6. The highest BCUT2D eigenvalue weighted by molar-refractivity contribution is 5.47. The molecular weight excluding hydrogens is 222 g/mol. The molecule has 3 nitrogen and oxygen atoms in total. The third-order valence-corrected chi connectivity index (χ3v) is 4.32. The SMILES string of the molecule is CCCNC1CCC(c2c(C)ccnc2N)C1C. The van der Waals surface area contributed by atoms with E-state index in [1.54, 1.807) is 6.20 Å². The van der Waals surface area contributed by atoms with Crippen molar-refractivity contribution in [1.82, 2.24) is 10.3 Å². The van der Waals surface area contributed by atoms with Gasteiger partial charge in [0.05, 0.1) is 0 Å². The van der Waals surface area contributed by atoms with E-state index in [1.807, 2.05) is 0 Å². The second-order valence-corrected chi connectivity index (χ2v) is 5.53. The second kappa shape index (κ2) is 5.70. The summed E-state index contributed by atoms with van der Waals surface area (Å²) in [5.74, 6) is 1.93. The highest BCUT2D eigenvalue weighted by Gasteiger charge is 2.35. The summed E-state index contributed by atoms with van der Waals surface area (Å²) in [6, 6.07) is 2.71. The Morgan fingerprint density at radius 3 is 2.89 bits per heavy atom. The number of aryl methyl sites for hydroxylation is 1. The highest BCUT2D eigenvalue weighted by atomic mass is 14.9. The number of hydrogen-bond acceptors (Lipinski definition) is 3. The number of pyridine rings is 1. The van der Waals surface area contributed by atoms with Crippen molar-refractivity contribution in [2.45, 2.75) is 52.0 Å². The minimum atomic E-state index is 0.563. The van der Waals surface area contributed by atoms with Crippen LogP contribution in [-0.2, 0) is 0 Å². The monoisotopic (exact) mass is 247 g/mol. The molecule has 3 unspecified atom stereocenters. The van der Waals surface area contributed by atoms with Gasteiger partial charge < -0.3 is 11.1 Å². The predicted octanol–water partition coefficient (Wildman–Crippen LogP) is 2.85. The molecule has 100 valence electrons. The van der Waals surface area contributed by atoms with Crippen LogP contribution in [0.1, 0.15) is 50.2 Å². The lowest BCUT2D eigenvalue weighted by molar-refractivity contribution is 0.404. The molecule has 0 radical (unpaired) electrons. The molecule has 1 aromatic rings. The number of nitrogens with zero attached hydrogens (tertiary/aromatic N) is 1. The number of rotatable bonds is 4. The Morgan fingerprint density at radius 1 is 1.44 bits per heavy atom. The number of anilines is 1. The zero-order chi connectivity index (χ0) is 13.1. The van der Waals surface area contributed by atoms with Gasteiger partial charge in [0.2, 0.25) is 0 Å². The molecule has 3 atom stereocenters. The Bertz CT molecular complexity index is 382. The maximum Gasteiger partial charge on any atom is 0.127 e. The van der Waals surface area contributed by atoms with E-state index in [-0.39, 0.29) is 0 Å². The molecule has 0 spiro atoms. The minimum absolute atomic E-state index is 0.563. The van der Waals surface area contributed by atoms with Gasteiger partial charge in [0.25, 0.3) is 0 Å². The summed E-state index contributed by atoms with van der Waals surface area (Å²) in [7, 11) is 0. The summed E-state index contributed by atoms with van der Waals surface area (Å²) in [4.78, 5) is 4.26. The van der Waals surface area contributed by atoms with Gasteiger partial charge >= 0.3 is 0 Å². The quantitative estimate of drug-likeness (QED) is 0.860. The molecule has 1 aliphatic rings. The van der Waals surface area contributed by atoms with Gasteiger partial charge in [-0.05, 0) is 56.2 Å². The lowest BCUT2D eigenvalue weighted by atomic mass is 9.86. The van der Waals surface area contributed by atoms with Crippen LogP contribution in [0.25, 0.3) is 0 Å². The van der Waals surface area contributed by atoms with Crippen LogP contribution < -0.4 is 11.1 Å². The third-order valence-electron chi connectivity index (χ3n) is 4.32. The fourth-order valence-corrected chi connectivity index (χ4v) is 3.26. The lowest BCUT2D eigenvalue weighted by Crippen LogP contribution is -2.33. The lowest BCUT2D eigenvalue weighted by Gasteiger charge is -2.23. The summed E-state index contributed by atoms with van der Waals surface area (Å²) in [6.45, 7) is 7.82. The summed E-state index contributed by atoms with van der Waals surface area (Å²) in [5.41, 5.74) is 8.65. The average Bonchev–Trinajstić information content (AvgIpc) is 2.69. The van der Waals surface area contributed by atoms with Crippen LogP contribution in [0.4, 0.5) is 5.82 Å². The van der Waals surface area contributed by atoms with E-state index in [0.29, 0.717) is 17.9 Å². The van der Waals surface area contributed by atoms with E-state index >= 15 is 0 Å². The molecule has 0 bridgehead atoms. The fourth-order valence-electron chi connectivity index (χ4n) is 3.26. The smallest absolute Gasteiger partial charge is 0.127 e. The van der Waals surface area contributed by atoms with Crippen molar-refractivity contribution in [2.24, 2.45) is 5.92 Å². The standard InChI is InChI=1S/C15H25N3/c1-4-8-17-13-6-5-12(11(13)3)14-10(2)7-9-18-15(14)16/h7,9,11-13,17H,4-6,8H2,1-3H3,(H2,16,18). The van der Waals surface area contributed by atoms with Crippen LogP contribution in [0.15, 0.2) is 12.3 Å². The van der Waals surface area contributed by atoms with Gasteiger partial charge in [0.15, 0.2) is 0 Å². The van der Waals surface area contributed by atoms with Gasteiger partial charge in [0.1, 0.15) is 5.82 Å². The van der Waals surface area contributed by atoms with E-state index in [4.69, 9.17) is 5.73 Å². The first-order valence-electron chi connectivity index (χ1n) is 7.09. The summed E-state index contributed by atoms with van der Waals surface area (Å²) in [6.07, 6.45) is 5.47. The van der Waals surface area contributed by atoms with Crippen LogP contribution in [-0.4, -0.2) is 17.6 Å². The van der Waals surface area contributed by atoms with Crippen molar-refractivity contribution in [3.8, 4) is 0 Å². The largest absolute Gasteiger partial charge is 0.383 e. The van der Waals surface area contributed by atoms with Crippen LogP contribution in [0, 0.1) is 12.8 Å². The number of nitrogens with one attached hydrogen (secondary N) is 1. The van der Waals surface area contributed by atoms with Crippen molar-refractivity contribution < 1.29 is 0 Å². The number of nitrogen functional groups attached to an aromatic ring is 1. The van der Waals surface area contributed by atoms with E-state index in [2.05, 4.69) is 37.1 Å². The Kier molecular flexibility index (Phi) is 4.23. The average molecular weight is 247 g/mol. The summed E-state index contributed by atoms with van der Waals surface area (Å²) in [5, 5.41) is 3.66. The van der Waals surface area contributed by atoms with Crippen molar-refractivity contribution in [3.63, 3.8) is 0 Å². The van der Waals surface area contributed by atoms with Crippen LogP contribution in [0.5, 0.6) is 0 Å². The third kappa shape index (κ3) is 2.51. The molecule has 18 heavy (non-hydrogen) atoms. The van der Waals surface area contributed by atoms with Gasteiger partial charge in [-0.15, -0.1) is 0 Å². The molecular formula is C15H25N3. The van der Waals surface area contributed by atoms with Crippen LogP contribution in [0.2, 0.25) is 0 Å². The zero-order valence-electron chi connectivity index (χ0n) is 11.7. The maximum atomic E-state index is 6.08. The Balaban J connectivity index is 2.15. The van der Waals surface area contributed by atoms with Gasteiger partial charge in [-0.1, -0.05) is 13.8 Å². The van der Waals surface area contributed by atoms with E-state index in [9.17, 15) is 0 Å². The molecule has 0 amide bonds. The molecule has 2 rings (SSSR count). The van der Waals surface area contributed by atoms with Gasteiger partial charge in [-0.3, -0.25) is 0 Å². The van der Waals surface area contributed by atoms with Gasteiger partial charge in [0, 0.05) is 17.8 Å². The molecule has 0 aromatic carbocycles. The summed E-state index contributed by atoms with van der Waals surface area (Å²) < 4.78 is 0. The van der Waals surface area contributed by atoms with E-state index < -0.39 is 0 Å². The first kappa shape index (κ1) is 13.3. The van der Waals surface area contributed by atoms with Crippen molar-refractivity contribution >= 4 is 5.82 Å². The summed E-state index contributed by atoms with van der Waals surface area (Å²) >= 11 is 0. The van der Waals surface area contributed by atoms with E-state index in [0.717, 1.165) is 12.4 Å². The number of nitrogens with two attached hydrogens (primary N) is 1. The Labute approximate surface area is 110 Å². The molecule has 1 fully saturated rings. The number of hydrogen-bond donors (Lipinski definition) is 2.